The lowest BCUT2D eigenvalue weighted by atomic mass is 9.86. The maximum absolute atomic E-state index is 5.55. The first-order chi connectivity index (χ1) is 6.29. The van der Waals surface area contributed by atoms with Crippen LogP contribution in [0.1, 0.15) is 41.0 Å². The molecule has 2 unspecified atom stereocenters. The molecule has 0 radical (unpaired) electrons. The molecule has 0 saturated heterocycles. The van der Waals surface area contributed by atoms with Crippen LogP contribution >= 0.6 is 0 Å². The number of hydrogen-bond donors (Lipinski definition) is 1. The van der Waals surface area contributed by atoms with E-state index in [-0.39, 0.29) is 0 Å². The molecule has 0 aromatic rings. The van der Waals surface area contributed by atoms with Crippen LogP contribution in [0.5, 0.6) is 0 Å². The van der Waals surface area contributed by atoms with Gasteiger partial charge in [-0.25, -0.2) is 0 Å². The van der Waals surface area contributed by atoms with Gasteiger partial charge in [0.25, 0.3) is 0 Å². The summed E-state index contributed by atoms with van der Waals surface area (Å²) in [6.45, 7) is 13.4. The molecule has 0 spiro atoms. The summed E-state index contributed by atoms with van der Waals surface area (Å²) < 4.78 is 0. The SMILES string of the molecule is CC(CCN)CN(C)C(C)C(C)(C)C. The van der Waals surface area contributed by atoms with Crippen LogP contribution in [0.4, 0.5) is 0 Å². The summed E-state index contributed by atoms with van der Waals surface area (Å²) in [5.41, 5.74) is 5.91. The highest BCUT2D eigenvalue weighted by Crippen LogP contribution is 2.23. The molecule has 0 rings (SSSR count). The fraction of sp³-hybridized carbons (Fsp3) is 1.00. The Bertz CT molecular complexity index is 149. The summed E-state index contributed by atoms with van der Waals surface area (Å²) in [4.78, 5) is 2.44. The highest BCUT2D eigenvalue weighted by atomic mass is 15.1. The first-order valence-electron chi connectivity index (χ1n) is 5.69. The molecule has 14 heavy (non-hydrogen) atoms. The van der Waals surface area contributed by atoms with Gasteiger partial charge in [0.15, 0.2) is 0 Å². The standard InChI is InChI=1S/C12H28N2/c1-10(7-8-13)9-14(6)11(2)12(3,4)5/h10-11H,7-9,13H2,1-6H3. The van der Waals surface area contributed by atoms with E-state index in [1.54, 1.807) is 0 Å². The molecular formula is C12H28N2. The van der Waals surface area contributed by atoms with Crippen molar-refractivity contribution in [2.24, 2.45) is 17.1 Å². The van der Waals surface area contributed by atoms with Crippen molar-refractivity contribution in [3.8, 4) is 0 Å². The van der Waals surface area contributed by atoms with Crippen molar-refractivity contribution >= 4 is 0 Å². The Morgan fingerprint density at radius 2 is 1.71 bits per heavy atom. The molecule has 2 nitrogen and oxygen atoms in total. The largest absolute Gasteiger partial charge is 0.330 e. The van der Waals surface area contributed by atoms with E-state index in [0.717, 1.165) is 19.5 Å². The van der Waals surface area contributed by atoms with E-state index in [1.165, 1.54) is 0 Å². The minimum absolute atomic E-state index is 0.358. The van der Waals surface area contributed by atoms with Gasteiger partial charge in [0.2, 0.25) is 0 Å². The van der Waals surface area contributed by atoms with E-state index >= 15 is 0 Å². The lowest BCUT2D eigenvalue weighted by molar-refractivity contribution is 0.124. The molecule has 0 heterocycles. The second-order valence-corrected chi connectivity index (χ2v) is 5.66. The van der Waals surface area contributed by atoms with Crippen LogP contribution in [-0.4, -0.2) is 31.1 Å². The molecule has 86 valence electrons. The van der Waals surface area contributed by atoms with Crippen LogP contribution in [0.15, 0.2) is 0 Å². The Kier molecular flexibility index (Phi) is 5.68. The van der Waals surface area contributed by atoms with Gasteiger partial charge in [-0.3, -0.25) is 0 Å². The van der Waals surface area contributed by atoms with Crippen molar-refractivity contribution in [1.82, 2.24) is 4.90 Å². The number of rotatable bonds is 5. The Hall–Kier alpha value is -0.0800. The van der Waals surface area contributed by atoms with Crippen molar-refractivity contribution in [3.05, 3.63) is 0 Å². The lowest BCUT2D eigenvalue weighted by Gasteiger charge is -2.36. The Balaban J connectivity index is 4.01. The van der Waals surface area contributed by atoms with E-state index in [2.05, 4.69) is 46.6 Å². The van der Waals surface area contributed by atoms with Gasteiger partial charge in [0.05, 0.1) is 0 Å². The van der Waals surface area contributed by atoms with E-state index < -0.39 is 0 Å². The van der Waals surface area contributed by atoms with Gasteiger partial charge in [-0.15, -0.1) is 0 Å². The van der Waals surface area contributed by atoms with Crippen LogP contribution in [0.2, 0.25) is 0 Å². The van der Waals surface area contributed by atoms with Gasteiger partial charge in [-0.1, -0.05) is 27.7 Å². The summed E-state index contributed by atoms with van der Waals surface area (Å²) in [5.74, 6) is 0.704. The average Bonchev–Trinajstić information content (AvgIpc) is 2.01. The smallest absolute Gasteiger partial charge is 0.0112 e. The Morgan fingerprint density at radius 1 is 1.21 bits per heavy atom. The molecule has 0 saturated carbocycles. The molecule has 0 aromatic carbocycles. The maximum atomic E-state index is 5.55. The van der Waals surface area contributed by atoms with Gasteiger partial charge in [0.1, 0.15) is 0 Å². The molecule has 0 amide bonds. The molecule has 0 aliphatic heterocycles. The minimum atomic E-state index is 0.358. The zero-order valence-electron chi connectivity index (χ0n) is 10.8. The number of hydrogen-bond acceptors (Lipinski definition) is 2. The Labute approximate surface area is 89.9 Å². The number of nitrogens with zero attached hydrogens (tertiary/aromatic N) is 1. The van der Waals surface area contributed by atoms with E-state index in [0.29, 0.717) is 17.4 Å². The van der Waals surface area contributed by atoms with Crippen LogP contribution in [0, 0.1) is 11.3 Å². The summed E-state index contributed by atoms with van der Waals surface area (Å²) in [6.07, 6.45) is 1.13. The molecule has 0 aliphatic rings. The molecular weight excluding hydrogens is 172 g/mol. The zero-order valence-corrected chi connectivity index (χ0v) is 10.8. The predicted octanol–water partition coefficient (Wildman–Crippen LogP) is 2.34. The van der Waals surface area contributed by atoms with Crippen molar-refractivity contribution in [1.29, 1.82) is 0 Å². The average molecular weight is 200 g/mol. The second-order valence-electron chi connectivity index (χ2n) is 5.66. The summed E-state index contributed by atoms with van der Waals surface area (Å²) in [6, 6.07) is 0.614. The van der Waals surface area contributed by atoms with Gasteiger partial charge >= 0.3 is 0 Å². The van der Waals surface area contributed by atoms with Gasteiger partial charge in [-0.2, -0.15) is 0 Å². The molecule has 0 aromatic heterocycles. The quantitative estimate of drug-likeness (QED) is 0.738. The van der Waals surface area contributed by atoms with Crippen molar-refractivity contribution in [3.63, 3.8) is 0 Å². The highest BCUT2D eigenvalue weighted by molar-refractivity contribution is 4.78. The summed E-state index contributed by atoms with van der Waals surface area (Å²) in [7, 11) is 2.21. The summed E-state index contributed by atoms with van der Waals surface area (Å²) in [5, 5.41) is 0. The van der Waals surface area contributed by atoms with E-state index in [9.17, 15) is 0 Å². The highest BCUT2D eigenvalue weighted by Gasteiger charge is 2.24. The van der Waals surface area contributed by atoms with E-state index in [4.69, 9.17) is 5.73 Å². The van der Waals surface area contributed by atoms with Crippen LogP contribution < -0.4 is 5.73 Å². The predicted molar refractivity (Wildman–Crippen MR) is 64.4 cm³/mol. The fourth-order valence-corrected chi connectivity index (χ4v) is 1.69. The van der Waals surface area contributed by atoms with Crippen LogP contribution in [0.25, 0.3) is 0 Å². The van der Waals surface area contributed by atoms with Gasteiger partial charge < -0.3 is 10.6 Å². The normalized spacial score (nSPS) is 17.1. The third-order valence-electron chi connectivity index (χ3n) is 3.17. The topological polar surface area (TPSA) is 29.3 Å². The zero-order chi connectivity index (χ0) is 11.4. The molecule has 0 fully saturated rings. The molecule has 2 heteroatoms. The van der Waals surface area contributed by atoms with Crippen molar-refractivity contribution in [2.45, 2.75) is 47.1 Å². The van der Waals surface area contributed by atoms with Gasteiger partial charge in [-0.05, 0) is 38.3 Å². The van der Waals surface area contributed by atoms with Crippen molar-refractivity contribution in [2.75, 3.05) is 20.1 Å². The van der Waals surface area contributed by atoms with Gasteiger partial charge in [0, 0.05) is 12.6 Å². The minimum Gasteiger partial charge on any atom is -0.330 e. The summed E-state index contributed by atoms with van der Waals surface area (Å²) >= 11 is 0. The number of nitrogens with two attached hydrogens (primary N) is 1. The Morgan fingerprint density at radius 3 is 2.07 bits per heavy atom. The fourth-order valence-electron chi connectivity index (χ4n) is 1.69. The third kappa shape index (κ3) is 4.97. The second kappa shape index (κ2) is 5.72. The molecule has 0 aliphatic carbocycles. The van der Waals surface area contributed by atoms with Crippen LogP contribution in [-0.2, 0) is 0 Å². The lowest BCUT2D eigenvalue weighted by Crippen LogP contribution is -2.41. The van der Waals surface area contributed by atoms with Crippen LogP contribution in [0.3, 0.4) is 0 Å². The van der Waals surface area contributed by atoms with E-state index in [1.807, 2.05) is 0 Å². The molecule has 0 bridgehead atoms. The van der Waals surface area contributed by atoms with Crippen molar-refractivity contribution < 1.29 is 0 Å². The molecule has 2 atom stereocenters. The first kappa shape index (κ1) is 13.9. The third-order valence-corrected chi connectivity index (χ3v) is 3.17. The first-order valence-corrected chi connectivity index (χ1v) is 5.69. The monoisotopic (exact) mass is 200 g/mol. The molecule has 2 N–H and O–H groups in total. The maximum Gasteiger partial charge on any atom is 0.0112 e.